The lowest BCUT2D eigenvalue weighted by atomic mass is 9.96. The van der Waals surface area contributed by atoms with Gasteiger partial charge in [-0.25, -0.2) is 4.79 Å². The molecule has 1 aliphatic carbocycles. The first kappa shape index (κ1) is 15.5. The maximum absolute atomic E-state index is 12.1. The van der Waals surface area contributed by atoms with E-state index in [0.717, 1.165) is 47.7 Å². The second-order valence-corrected chi connectivity index (χ2v) is 5.87. The van der Waals surface area contributed by atoms with Crippen molar-refractivity contribution in [1.82, 2.24) is 15.5 Å². The Labute approximate surface area is 135 Å². The molecule has 0 radical (unpaired) electrons. The topological polar surface area (TPSA) is 80.0 Å². The molecule has 0 aromatic carbocycles. The van der Waals surface area contributed by atoms with E-state index in [1.165, 1.54) is 18.4 Å². The third-order valence-corrected chi connectivity index (χ3v) is 4.24. The minimum atomic E-state index is -0.245. The molecule has 2 amide bonds. The number of carbonyl (C=O) groups excluding carboxylic acids is 1. The number of fused-ring (bicyclic) bond motifs is 1. The number of hydrogen-bond donors (Lipinski definition) is 2. The average Bonchev–Trinajstić information content (AvgIpc) is 2.93. The molecule has 0 saturated carbocycles. The highest BCUT2D eigenvalue weighted by Crippen LogP contribution is 2.22. The van der Waals surface area contributed by atoms with Crippen LogP contribution in [-0.2, 0) is 25.8 Å². The molecule has 23 heavy (non-hydrogen) atoms. The standard InChI is InChI=1S/C17H22N4O2/c1-3-16-14(11(2)21-23-16)10-19-17(22)20-13-8-12-6-4-5-7-15(12)18-9-13/h8-9H,3-7,10H2,1-2H3,(H2,19,20,22). The van der Waals surface area contributed by atoms with Crippen LogP contribution < -0.4 is 10.6 Å². The summed E-state index contributed by atoms with van der Waals surface area (Å²) in [6, 6.07) is 1.79. The molecule has 2 aromatic rings. The number of nitrogens with zero attached hydrogens (tertiary/aromatic N) is 2. The molecule has 0 bridgehead atoms. The maximum Gasteiger partial charge on any atom is 0.319 e. The minimum Gasteiger partial charge on any atom is -0.361 e. The van der Waals surface area contributed by atoms with Crippen molar-refractivity contribution in [3.63, 3.8) is 0 Å². The predicted molar refractivity (Wildman–Crippen MR) is 87.4 cm³/mol. The van der Waals surface area contributed by atoms with E-state index in [4.69, 9.17) is 4.52 Å². The number of urea groups is 1. The molecule has 6 heteroatoms. The predicted octanol–water partition coefficient (Wildman–Crippen LogP) is 3.14. The normalized spacial score (nSPS) is 13.5. The van der Waals surface area contributed by atoms with Gasteiger partial charge in [-0.15, -0.1) is 0 Å². The molecule has 2 aromatic heterocycles. The summed E-state index contributed by atoms with van der Waals surface area (Å²) in [5.41, 5.74) is 4.91. The highest BCUT2D eigenvalue weighted by Gasteiger charge is 2.14. The zero-order valence-electron chi connectivity index (χ0n) is 13.6. The second-order valence-electron chi connectivity index (χ2n) is 5.87. The molecule has 0 atom stereocenters. The Morgan fingerprint density at radius 3 is 3.00 bits per heavy atom. The van der Waals surface area contributed by atoms with Gasteiger partial charge in [0.05, 0.1) is 17.6 Å². The number of aryl methyl sites for hydroxylation is 4. The molecular weight excluding hydrogens is 292 g/mol. The zero-order valence-corrected chi connectivity index (χ0v) is 13.6. The Morgan fingerprint density at radius 2 is 2.17 bits per heavy atom. The Balaban J connectivity index is 1.60. The smallest absolute Gasteiger partial charge is 0.319 e. The first-order valence-corrected chi connectivity index (χ1v) is 8.14. The summed E-state index contributed by atoms with van der Waals surface area (Å²) < 4.78 is 5.23. The summed E-state index contributed by atoms with van der Waals surface area (Å²) in [5, 5.41) is 9.64. The van der Waals surface area contributed by atoms with Crippen LogP contribution >= 0.6 is 0 Å². The van der Waals surface area contributed by atoms with Crippen molar-refractivity contribution in [3.8, 4) is 0 Å². The SMILES string of the molecule is CCc1onc(C)c1CNC(=O)Nc1cnc2c(c1)CCCC2. The van der Waals surface area contributed by atoms with Gasteiger partial charge in [-0.05, 0) is 44.2 Å². The van der Waals surface area contributed by atoms with Crippen LogP contribution in [-0.4, -0.2) is 16.2 Å². The fourth-order valence-electron chi connectivity index (χ4n) is 2.94. The van der Waals surface area contributed by atoms with Crippen LogP contribution in [0.25, 0.3) is 0 Å². The Morgan fingerprint density at radius 1 is 1.35 bits per heavy atom. The molecule has 3 rings (SSSR count). The summed E-state index contributed by atoms with van der Waals surface area (Å²) in [6.45, 7) is 4.29. The highest BCUT2D eigenvalue weighted by molar-refractivity contribution is 5.89. The van der Waals surface area contributed by atoms with Crippen molar-refractivity contribution in [1.29, 1.82) is 0 Å². The molecule has 0 aliphatic heterocycles. The molecule has 2 heterocycles. The van der Waals surface area contributed by atoms with Gasteiger partial charge in [0.1, 0.15) is 5.76 Å². The van der Waals surface area contributed by atoms with Crippen LogP contribution in [0, 0.1) is 6.92 Å². The Kier molecular flexibility index (Phi) is 4.60. The number of amides is 2. The lowest BCUT2D eigenvalue weighted by molar-refractivity contribution is 0.251. The lowest BCUT2D eigenvalue weighted by Gasteiger charge is -2.16. The van der Waals surface area contributed by atoms with Crippen LogP contribution in [0.2, 0.25) is 0 Å². The molecular formula is C17H22N4O2. The first-order chi connectivity index (χ1) is 11.2. The van der Waals surface area contributed by atoms with Crippen molar-refractivity contribution in [2.75, 3.05) is 5.32 Å². The van der Waals surface area contributed by atoms with Crippen molar-refractivity contribution in [3.05, 3.63) is 40.5 Å². The largest absolute Gasteiger partial charge is 0.361 e. The summed E-state index contributed by atoms with van der Waals surface area (Å²) >= 11 is 0. The van der Waals surface area contributed by atoms with Gasteiger partial charge in [0.25, 0.3) is 0 Å². The van der Waals surface area contributed by atoms with E-state index in [-0.39, 0.29) is 6.03 Å². The maximum atomic E-state index is 12.1. The van der Waals surface area contributed by atoms with Gasteiger partial charge in [0.2, 0.25) is 0 Å². The molecule has 0 spiro atoms. The van der Waals surface area contributed by atoms with Gasteiger partial charge in [0.15, 0.2) is 0 Å². The Bertz CT molecular complexity index is 709. The van der Waals surface area contributed by atoms with Gasteiger partial charge >= 0.3 is 6.03 Å². The zero-order chi connectivity index (χ0) is 16.2. The lowest BCUT2D eigenvalue weighted by Crippen LogP contribution is -2.28. The van der Waals surface area contributed by atoms with Gasteiger partial charge in [0, 0.05) is 24.2 Å². The van der Waals surface area contributed by atoms with E-state index in [2.05, 4.69) is 20.8 Å². The van der Waals surface area contributed by atoms with Crippen molar-refractivity contribution in [2.45, 2.75) is 52.5 Å². The highest BCUT2D eigenvalue weighted by atomic mass is 16.5. The van der Waals surface area contributed by atoms with Crippen LogP contribution in [0.1, 0.15) is 48.0 Å². The Hall–Kier alpha value is -2.37. The summed E-state index contributed by atoms with van der Waals surface area (Å²) in [4.78, 5) is 16.5. The quantitative estimate of drug-likeness (QED) is 0.908. The number of pyridine rings is 1. The van der Waals surface area contributed by atoms with E-state index in [9.17, 15) is 4.79 Å². The summed E-state index contributed by atoms with van der Waals surface area (Å²) in [7, 11) is 0. The summed E-state index contributed by atoms with van der Waals surface area (Å²) in [6.07, 6.45) is 6.95. The number of anilines is 1. The van der Waals surface area contributed by atoms with E-state index < -0.39 is 0 Å². The van der Waals surface area contributed by atoms with Gasteiger partial charge in [-0.2, -0.15) is 0 Å². The fraction of sp³-hybridized carbons (Fsp3) is 0.471. The average molecular weight is 314 g/mol. The number of carbonyl (C=O) groups is 1. The molecule has 0 saturated heterocycles. The molecule has 0 unspecified atom stereocenters. The number of aromatic nitrogens is 2. The van der Waals surface area contributed by atoms with Crippen LogP contribution in [0.3, 0.4) is 0 Å². The molecule has 0 fully saturated rings. The van der Waals surface area contributed by atoms with Crippen LogP contribution in [0.15, 0.2) is 16.8 Å². The summed E-state index contributed by atoms with van der Waals surface area (Å²) in [5.74, 6) is 0.818. The fourth-order valence-corrected chi connectivity index (χ4v) is 2.94. The number of nitrogens with one attached hydrogen (secondary N) is 2. The van der Waals surface area contributed by atoms with Crippen molar-refractivity contribution >= 4 is 11.7 Å². The van der Waals surface area contributed by atoms with E-state index in [0.29, 0.717) is 6.54 Å². The third-order valence-electron chi connectivity index (χ3n) is 4.24. The van der Waals surface area contributed by atoms with Gasteiger partial charge < -0.3 is 15.2 Å². The second kappa shape index (κ2) is 6.81. The van der Waals surface area contributed by atoms with E-state index >= 15 is 0 Å². The van der Waals surface area contributed by atoms with Crippen LogP contribution in [0.5, 0.6) is 0 Å². The minimum absolute atomic E-state index is 0.245. The van der Waals surface area contributed by atoms with Gasteiger partial charge in [-0.3, -0.25) is 4.98 Å². The van der Waals surface area contributed by atoms with E-state index in [1.54, 1.807) is 6.20 Å². The van der Waals surface area contributed by atoms with E-state index in [1.807, 2.05) is 19.9 Å². The van der Waals surface area contributed by atoms with Crippen molar-refractivity contribution < 1.29 is 9.32 Å². The number of rotatable bonds is 4. The number of hydrogen-bond acceptors (Lipinski definition) is 4. The molecule has 1 aliphatic rings. The van der Waals surface area contributed by atoms with Crippen LogP contribution in [0.4, 0.5) is 10.5 Å². The molecule has 122 valence electrons. The first-order valence-electron chi connectivity index (χ1n) is 8.14. The molecule has 6 nitrogen and oxygen atoms in total. The monoisotopic (exact) mass is 314 g/mol. The third kappa shape index (κ3) is 3.52. The van der Waals surface area contributed by atoms with Gasteiger partial charge in [-0.1, -0.05) is 12.1 Å². The van der Waals surface area contributed by atoms with Crippen molar-refractivity contribution in [2.24, 2.45) is 0 Å². The molecule has 2 N–H and O–H groups in total.